The van der Waals surface area contributed by atoms with E-state index < -0.39 is 5.92 Å². The highest BCUT2D eigenvalue weighted by molar-refractivity contribution is 4.85. The van der Waals surface area contributed by atoms with Gasteiger partial charge >= 0.3 is 0 Å². The zero-order valence-electron chi connectivity index (χ0n) is 7.45. The van der Waals surface area contributed by atoms with Crippen molar-refractivity contribution in [3.8, 4) is 12.3 Å². The summed E-state index contributed by atoms with van der Waals surface area (Å²) in [6.45, 7) is 5.45. The van der Waals surface area contributed by atoms with Gasteiger partial charge in [-0.1, -0.05) is 20.8 Å². The first-order chi connectivity index (χ1) is 5.12. The summed E-state index contributed by atoms with van der Waals surface area (Å²) in [5, 5.41) is 0. The summed E-state index contributed by atoms with van der Waals surface area (Å²) in [7, 11) is 0. The molecule has 0 fully saturated rings. The monoisotopic (exact) mass is 162 g/mol. The van der Waals surface area contributed by atoms with E-state index >= 15 is 0 Å². The van der Waals surface area contributed by atoms with E-state index in [2.05, 4.69) is 5.92 Å². The first-order valence-corrected chi connectivity index (χ1v) is 3.93. The van der Waals surface area contributed by atoms with Crippen molar-refractivity contribution in [1.82, 2.24) is 0 Å². The molecular weight excluding hydrogens is 146 g/mol. The molecule has 0 N–H and O–H groups in total. The molecule has 11 heavy (non-hydrogen) atoms. The molecule has 66 valence electrons. The molecule has 0 spiro atoms. The van der Waals surface area contributed by atoms with E-state index in [9.17, 15) is 8.78 Å². The van der Waals surface area contributed by atoms with Crippen molar-refractivity contribution in [2.24, 2.45) is 0 Å². The maximum atomic E-state index is 12.2. The predicted octanol–water partition coefficient (Wildman–Crippen LogP) is 3.47. The highest BCUT2D eigenvalue weighted by atomic mass is 19.3. The summed E-state index contributed by atoms with van der Waals surface area (Å²) in [6, 6.07) is 0. The van der Waals surface area contributed by atoms with Gasteiger partial charge in [0.2, 0.25) is 5.92 Å². The van der Waals surface area contributed by atoms with Gasteiger partial charge in [0.25, 0.3) is 0 Å². The maximum absolute atomic E-state index is 12.2. The van der Waals surface area contributed by atoms with Crippen LogP contribution in [0.4, 0.5) is 8.78 Å². The van der Waals surface area contributed by atoms with E-state index in [4.69, 9.17) is 6.42 Å². The van der Waals surface area contributed by atoms with Crippen LogP contribution in [0.15, 0.2) is 0 Å². The van der Waals surface area contributed by atoms with Crippen LogP contribution >= 0.6 is 0 Å². The molecule has 0 rings (SSSR count). The molecule has 0 aliphatic rings. The maximum Gasteiger partial charge on any atom is 0.248 e. The Labute approximate surface area is 68.0 Å². The van der Waals surface area contributed by atoms with Crippen LogP contribution in [-0.4, -0.2) is 5.92 Å². The van der Waals surface area contributed by atoms with Crippen LogP contribution < -0.4 is 0 Å². The van der Waals surface area contributed by atoms with Crippen LogP contribution in [0.25, 0.3) is 0 Å². The molecule has 2 heteroatoms. The summed E-state index contributed by atoms with van der Waals surface area (Å²) >= 11 is 0. The van der Waals surface area contributed by atoms with E-state index in [0.29, 0.717) is 0 Å². The molecule has 0 saturated carbocycles. The highest BCUT2D eigenvalue weighted by Gasteiger charge is 2.24. The molecule has 0 aromatic rings. The lowest BCUT2D eigenvalue weighted by Crippen LogP contribution is -2.12. The third-order valence-corrected chi connectivity index (χ3v) is 1.15. The van der Waals surface area contributed by atoms with Gasteiger partial charge in [-0.05, 0) is 0 Å². The average Bonchev–Trinajstić information content (AvgIpc) is 2.05. The smallest absolute Gasteiger partial charge is 0.207 e. The van der Waals surface area contributed by atoms with Gasteiger partial charge in [0.15, 0.2) is 0 Å². The average molecular weight is 162 g/mol. The number of halogens is 2. The lowest BCUT2D eigenvalue weighted by atomic mass is 10.1. The zero-order valence-corrected chi connectivity index (χ0v) is 7.45. The molecule has 0 amide bonds. The van der Waals surface area contributed by atoms with Gasteiger partial charge in [0.05, 0.1) is 0 Å². The number of hydrogen-bond donors (Lipinski definition) is 0. The summed E-state index contributed by atoms with van der Waals surface area (Å²) in [6.07, 6.45) is 4.68. The van der Waals surface area contributed by atoms with Gasteiger partial charge in [0, 0.05) is 19.3 Å². The van der Waals surface area contributed by atoms with Crippen LogP contribution in [0, 0.1) is 12.3 Å². The molecule has 0 aromatic heterocycles. The summed E-state index contributed by atoms with van der Waals surface area (Å²) < 4.78 is 24.5. The van der Waals surface area contributed by atoms with Gasteiger partial charge in [0.1, 0.15) is 0 Å². The molecule has 0 saturated heterocycles. The topological polar surface area (TPSA) is 0 Å². The molecule has 0 unspecified atom stereocenters. The zero-order chi connectivity index (χ0) is 9.33. The Morgan fingerprint density at radius 1 is 1.36 bits per heavy atom. The molecule has 0 aliphatic carbocycles. The minimum Gasteiger partial charge on any atom is -0.207 e. The summed E-state index contributed by atoms with van der Waals surface area (Å²) in [5.74, 6) is -0.371. The summed E-state index contributed by atoms with van der Waals surface area (Å²) in [5.41, 5.74) is 0. The third-order valence-electron chi connectivity index (χ3n) is 1.15. The fourth-order valence-electron chi connectivity index (χ4n) is 0.432. The van der Waals surface area contributed by atoms with Crippen molar-refractivity contribution >= 4 is 0 Å². The number of alkyl halides is 2. The van der Waals surface area contributed by atoms with Gasteiger partial charge in [-0.15, -0.1) is 12.3 Å². The molecule has 0 aromatic carbocycles. The molecule has 0 nitrogen and oxygen atoms in total. The Balaban J connectivity index is 0. The van der Waals surface area contributed by atoms with Crippen LogP contribution in [0.2, 0.25) is 0 Å². The first-order valence-electron chi connectivity index (χ1n) is 3.93. The predicted molar refractivity (Wildman–Crippen MR) is 44.7 cm³/mol. The lowest BCUT2D eigenvalue weighted by molar-refractivity contribution is -0.00982. The second-order valence-corrected chi connectivity index (χ2v) is 1.91. The van der Waals surface area contributed by atoms with Crippen molar-refractivity contribution in [3.63, 3.8) is 0 Å². The molecule has 0 heterocycles. The fourth-order valence-corrected chi connectivity index (χ4v) is 0.432. The Morgan fingerprint density at radius 2 is 1.82 bits per heavy atom. The second kappa shape index (κ2) is 7.53. The van der Waals surface area contributed by atoms with Crippen LogP contribution in [0.3, 0.4) is 0 Å². The third kappa shape index (κ3) is 9.42. The Hall–Kier alpha value is -0.580. The van der Waals surface area contributed by atoms with Gasteiger partial charge < -0.3 is 0 Å². The second-order valence-electron chi connectivity index (χ2n) is 1.91. The standard InChI is InChI=1S/C7H10F2.C2H6/c1-3-5-6-7(8,9)4-2;1-2/h1H,4-6H2,2H3;1-2H3. The largest absolute Gasteiger partial charge is 0.248 e. The van der Waals surface area contributed by atoms with E-state index in [1.54, 1.807) is 0 Å². The van der Waals surface area contributed by atoms with Crippen molar-refractivity contribution in [2.45, 2.75) is 46.0 Å². The van der Waals surface area contributed by atoms with Crippen LogP contribution in [0.5, 0.6) is 0 Å². The number of hydrogen-bond acceptors (Lipinski definition) is 0. The van der Waals surface area contributed by atoms with E-state index in [-0.39, 0.29) is 19.3 Å². The molecule has 0 atom stereocenters. The molecule has 0 radical (unpaired) electrons. The highest BCUT2D eigenvalue weighted by Crippen LogP contribution is 2.23. The van der Waals surface area contributed by atoms with Gasteiger partial charge in [-0.25, -0.2) is 8.78 Å². The van der Waals surface area contributed by atoms with Crippen molar-refractivity contribution in [2.75, 3.05) is 0 Å². The quantitative estimate of drug-likeness (QED) is 0.557. The Kier molecular flexibility index (Phi) is 8.92. The lowest BCUT2D eigenvalue weighted by Gasteiger charge is -2.10. The van der Waals surface area contributed by atoms with E-state index in [0.717, 1.165) is 0 Å². The molecular formula is C9H16F2. The van der Waals surface area contributed by atoms with Crippen molar-refractivity contribution < 1.29 is 8.78 Å². The molecule has 0 aliphatic heterocycles. The van der Waals surface area contributed by atoms with Crippen LogP contribution in [0.1, 0.15) is 40.0 Å². The Morgan fingerprint density at radius 3 is 2.09 bits per heavy atom. The van der Waals surface area contributed by atoms with Crippen molar-refractivity contribution in [1.29, 1.82) is 0 Å². The molecule has 0 bridgehead atoms. The minimum atomic E-state index is -2.55. The van der Waals surface area contributed by atoms with Crippen LogP contribution in [-0.2, 0) is 0 Å². The van der Waals surface area contributed by atoms with Gasteiger partial charge in [-0.2, -0.15) is 0 Å². The number of terminal acetylenes is 1. The SMILES string of the molecule is C#CCCC(F)(F)CC.CC. The fraction of sp³-hybridized carbons (Fsp3) is 0.778. The summed E-state index contributed by atoms with van der Waals surface area (Å²) in [4.78, 5) is 0. The van der Waals surface area contributed by atoms with E-state index in [1.807, 2.05) is 13.8 Å². The van der Waals surface area contributed by atoms with E-state index in [1.165, 1.54) is 6.92 Å². The van der Waals surface area contributed by atoms with Crippen molar-refractivity contribution in [3.05, 3.63) is 0 Å². The first kappa shape index (κ1) is 13.0. The van der Waals surface area contributed by atoms with Gasteiger partial charge in [-0.3, -0.25) is 0 Å². The number of rotatable bonds is 3. The Bertz CT molecular complexity index is 111. The normalized spacial score (nSPS) is 9.45. The minimum absolute atomic E-state index is 0.116.